The number of carbonyl (C=O) groups excluding carboxylic acids is 2. The second-order valence-corrected chi connectivity index (χ2v) is 8.03. The normalized spacial score (nSPS) is 12.4. The molecular weight excluding hydrogens is 406 g/mol. The molecule has 0 aliphatic carbocycles. The Bertz CT molecular complexity index is 935. The summed E-state index contributed by atoms with van der Waals surface area (Å²) in [6.45, 7) is 8.91. The quantitative estimate of drug-likeness (QED) is 0.386. The first-order chi connectivity index (χ1) is 14.1. The Morgan fingerprint density at radius 3 is 2.27 bits per heavy atom. The standard InChI is InChI=1S/C23H26ClNO5/c1-13(2)21(26)25-12-17-10-18(24)11-19(20(17)30-22(27)14(3)4)29-23(28)16-8-6-15(5)7-9-16/h6-14,21,26H,1-5H3/b25-12+. The first-order valence-electron chi connectivity index (χ1n) is 9.63. The first kappa shape index (κ1) is 23.6. The molecule has 0 aliphatic heterocycles. The molecule has 30 heavy (non-hydrogen) atoms. The van der Waals surface area contributed by atoms with Gasteiger partial charge in [-0.1, -0.05) is 57.0 Å². The summed E-state index contributed by atoms with van der Waals surface area (Å²) in [7, 11) is 0. The third kappa shape index (κ3) is 6.40. The maximum Gasteiger partial charge on any atom is 0.343 e. The minimum absolute atomic E-state index is 0.0115. The summed E-state index contributed by atoms with van der Waals surface area (Å²) in [6, 6.07) is 9.78. The second kappa shape index (κ2) is 10.4. The van der Waals surface area contributed by atoms with E-state index < -0.39 is 24.1 Å². The lowest BCUT2D eigenvalue weighted by atomic mass is 10.1. The van der Waals surface area contributed by atoms with Crippen molar-refractivity contribution in [2.45, 2.75) is 40.8 Å². The molecule has 160 valence electrons. The highest BCUT2D eigenvalue weighted by Crippen LogP contribution is 2.35. The smallest absolute Gasteiger partial charge is 0.343 e. The third-order valence-corrected chi connectivity index (χ3v) is 4.39. The minimum atomic E-state index is -0.948. The lowest BCUT2D eigenvalue weighted by Gasteiger charge is -2.15. The Labute approximate surface area is 181 Å². The van der Waals surface area contributed by atoms with Crippen LogP contribution in [0.5, 0.6) is 11.5 Å². The van der Waals surface area contributed by atoms with Gasteiger partial charge < -0.3 is 14.6 Å². The zero-order valence-corrected chi connectivity index (χ0v) is 18.4. The van der Waals surface area contributed by atoms with Crippen LogP contribution in [0, 0.1) is 18.8 Å². The van der Waals surface area contributed by atoms with Crippen LogP contribution in [0.1, 0.15) is 49.2 Å². The molecule has 0 spiro atoms. The number of aliphatic hydroxyl groups excluding tert-OH is 1. The molecule has 2 aromatic carbocycles. The summed E-state index contributed by atoms with van der Waals surface area (Å²) in [5.41, 5.74) is 1.65. The zero-order valence-electron chi connectivity index (χ0n) is 17.7. The van der Waals surface area contributed by atoms with E-state index in [1.807, 2.05) is 20.8 Å². The first-order valence-corrected chi connectivity index (χ1v) is 10.0. The molecule has 1 unspecified atom stereocenters. The van der Waals surface area contributed by atoms with Crippen LogP contribution in [0.2, 0.25) is 5.02 Å². The molecule has 0 aliphatic rings. The summed E-state index contributed by atoms with van der Waals surface area (Å²) in [6.07, 6.45) is 0.402. The predicted molar refractivity (Wildman–Crippen MR) is 117 cm³/mol. The van der Waals surface area contributed by atoms with Gasteiger partial charge in [-0.3, -0.25) is 9.79 Å². The van der Waals surface area contributed by atoms with Crippen molar-refractivity contribution in [2.75, 3.05) is 0 Å². The Balaban J connectivity index is 2.47. The minimum Gasteiger partial charge on any atom is -0.422 e. The summed E-state index contributed by atoms with van der Waals surface area (Å²) in [4.78, 5) is 28.9. The molecular formula is C23H26ClNO5. The number of ether oxygens (including phenoxy) is 2. The van der Waals surface area contributed by atoms with E-state index in [4.69, 9.17) is 21.1 Å². The molecule has 1 N–H and O–H groups in total. The fourth-order valence-corrected chi connectivity index (χ4v) is 2.48. The van der Waals surface area contributed by atoms with Crippen LogP contribution >= 0.6 is 11.6 Å². The Kier molecular flexibility index (Phi) is 8.15. The molecule has 0 fully saturated rings. The van der Waals surface area contributed by atoms with E-state index in [1.165, 1.54) is 18.3 Å². The van der Waals surface area contributed by atoms with E-state index in [2.05, 4.69) is 4.99 Å². The molecule has 0 bridgehead atoms. The lowest BCUT2D eigenvalue weighted by molar-refractivity contribution is -0.137. The number of aryl methyl sites for hydroxylation is 1. The molecule has 0 aromatic heterocycles. The number of benzene rings is 2. The number of aliphatic hydroxyl groups is 1. The van der Waals surface area contributed by atoms with Gasteiger partial charge in [-0.15, -0.1) is 0 Å². The van der Waals surface area contributed by atoms with E-state index in [0.29, 0.717) is 11.1 Å². The maximum absolute atomic E-state index is 12.6. The molecule has 6 nitrogen and oxygen atoms in total. The summed E-state index contributed by atoms with van der Waals surface area (Å²) in [5.74, 6) is -1.65. The molecule has 1 atom stereocenters. The van der Waals surface area contributed by atoms with Crippen LogP contribution in [0.3, 0.4) is 0 Å². The van der Waals surface area contributed by atoms with Gasteiger partial charge in [-0.2, -0.15) is 0 Å². The summed E-state index contributed by atoms with van der Waals surface area (Å²) >= 11 is 6.19. The third-order valence-electron chi connectivity index (χ3n) is 4.17. The summed E-state index contributed by atoms with van der Waals surface area (Å²) < 4.78 is 11.0. The fraction of sp³-hybridized carbons (Fsp3) is 0.348. The average molecular weight is 432 g/mol. The highest BCUT2D eigenvalue weighted by molar-refractivity contribution is 6.31. The van der Waals surface area contributed by atoms with Crippen LogP contribution in [-0.4, -0.2) is 29.5 Å². The van der Waals surface area contributed by atoms with Crippen molar-refractivity contribution in [2.24, 2.45) is 16.8 Å². The average Bonchev–Trinajstić information content (AvgIpc) is 2.68. The topological polar surface area (TPSA) is 85.2 Å². The van der Waals surface area contributed by atoms with E-state index in [1.54, 1.807) is 38.1 Å². The summed E-state index contributed by atoms with van der Waals surface area (Å²) in [5, 5.41) is 10.2. The van der Waals surface area contributed by atoms with Crippen molar-refractivity contribution < 1.29 is 24.2 Å². The zero-order chi connectivity index (χ0) is 22.4. The number of rotatable bonds is 7. The number of hydrogen-bond acceptors (Lipinski definition) is 6. The highest BCUT2D eigenvalue weighted by Gasteiger charge is 2.21. The van der Waals surface area contributed by atoms with Crippen LogP contribution in [-0.2, 0) is 4.79 Å². The van der Waals surface area contributed by atoms with Gasteiger partial charge in [0.15, 0.2) is 11.5 Å². The van der Waals surface area contributed by atoms with Crippen molar-refractivity contribution in [3.05, 3.63) is 58.1 Å². The predicted octanol–water partition coefficient (Wildman–Crippen LogP) is 4.82. The van der Waals surface area contributed by atoms with Crippen molar-refractivity contribution in [1.29, 1.82) is 0 Å². The molecule has 0 saturated heterocycles. The largest absolute Gasteiger partial charge is 0.422 e. The van der Waals surface area contributed by atoms with Crippen molar-refractivity contribution in [3.8, 4) is 11.5 Å². The van der Waals surface area contributed by atoms with E-state index in [0.717, 1.165) is 5.56 Å². The number of aliphatic imine (C=N–C) groups is 1. The number of esters is 2. The molecule has 7 heteroatoms. The van der Waals surface area contributed by atoms with E-state index >= 15 is 0 Å². The molecule has 0 amide bonds. The van der Waals surface area contributed by atoms with Gasteiger partial charge >= 0.3 is 11.9 Å². The molecule has 2 aromatic rings. The van der Waals surface area contributed by atoms with Crippen molar-refractivity contribution in [3.63, 3.8) is 0 Å². The molecule has 0 heterocycles. The van der Waals surface area contributed by atoms with Gasteiger partial charge in [0.25, 0.3) is 0 Å². The molecule has 2 rings (SSSR count). The lowest BCUT2D eigenvalue weighted by Crippen LogP contribution is -2.18. The van der Waals surface area contributed by atoms with Gasteiger partial charge in [0.2, 0.25) is 0 Å². The highest BCUT2D eigenvalue weighted by atomic mass is 35.5. The van der Waals surface area contributed by atoms with Crippen LogP contribution in [0.4, 0.5) is 0 Å². The Morgan fingerprint density at radius 2 is 1.70 bits per heavy atom. The second-order valence-electron chi connectivity index (χ2n) is 7.59. The van der Waals surface area contributed by atoms with Gasteiger partial charge in [0, 0.05) is 22.9 Å². The van der Waals surface area contributed by atoms with Crippen LogP contribution < -0.4 is 9.47 Å². The number of halogens is 1. The van der Waals surface area contributed by atoms with Gasteiger partial charge in [0.05, 0.1) is 11.5 Å². The van der Waals surface area contributed by atoms with Gasteiger partial charge in [-0.25, -0.2) is 4.79 Å². The van der Waals surface area contributed by atoms with Crippen LogP contribution in [0.15, 0.2) is 41.4 Å². The van der Waals surface area contributed by atoms with E-state index in [-0.39, 0.29) is 22.4 Å². The monoisotopic (exact) mass is 431 g/mol. The van der Waals surface area contributed by atoms with Crippen LogP contribution in [0.25, 0.3) is 0 Å². The SMILES string of the molecule is Cc1ccc(C(=O)Oc2cc(Cl)cc(/C=N/C(O)C(C)C)c2OC(=O)C(C)C)cc1. The van der Waals surface area contributed by atoms with Crippen molar-refractivity contribution >= 4 is 29.8 Å². The van der Waals surface area contributed by atoms with Gasteiger partial charge in [0.1, 0.15) is 6.23 Å². The fourth-order valence-electron chi connectivity index (χ4n) is 2.27. The molecule has 0 saturated carbocycles. The van der Waals surface area contributed by atoms with Crippen molar-refractivity contribution in [1.82, 2.24) is 0 Å². The number of carbonyl (C=O) groups is 2. The number of hydrogen-bond donors (Lipinski definition) is 1. The molecule has 0 radical (unpaired) electrons. The Hall–Kier alpha value is -2.70. The van der Waals surface area contributed by atoms with E-state index in [9.17, 15) is 14.7 Å². The van der Waals surface area contributed by atoms with Gasteiger partial charge in [-0.05, 0) is 31.0 Å². The Morgan fingerprint density at radius 1 is 1.07 bits per heavy atom. The number of nitrogens with zero attached hydrogens (tertiary/aromatic N) is 1. The maximum atomic E-state index is 12.6.